The second-order valence-electron chi connectivity index (χ2n) is 6.10. The van der Waals surface area contributed by atoms with Crippen LogP contribution in [-0.2, 0) is 0 Å². The van der Waals surface area contributed by atoms with Gasteiger partial charge in [0.15, 0.2) is 0 Å². The van der Waals surface area contributed by atoms with Gasteiger partial charge in [-0.25, -0.2) is 0 Å². The maximum absolute atomic E-state index is 9.64. The highest BCUT2D eigenvalue weighted by molar-refractivity contribution is 5.52. The molecule has 1 rings (SSSR count). The van der Waals surface area contributed by atoms with Crippen LogP contribution in [0.3, 0.4) is 0 Å². The summed E-state index contributed by atoms with van der Waals surface area (Å²) in [7, 11) is 0. The lowest BCUT2D eigenvalue weighted by molar-refractivity contribution is 0.143. The molecule has 0 radical (unpaired) electrons. The van der Waals surface area contributed by atoms with Gasteiger partial charge in [0.25, 0.3) is 0 Å². The molecule has 0 atom stereocenters. The quantitative estimate of drug-likeness (QED) is 0.711. The summed E-state index contributed by atoms with van der Waals surface area (Å²) in [5.74, 6) is 11.6. The smallest absolute Gasteiger partial charge is 0.120 e. The lowest BCUT2D eigenvalue weighted by Crippen LogP contribution is -2.14. The molecule has 0 fully saturated rings. The van der Waals surface area contributed by atoms with Crippen LogP contribution >= 0.6 is 0 Å². The van der Waals surface area contributed by atoms with E-state index >= 15 is 0 Å². The Morgan fingerprint density at radius 2 is 1.05 bits per heavy atom. The van der Waals surface area contributed by atoms with Crippen molar-refractivity contribution in [2.24, 2.45) is 0 Å². The van der Waals surface area contributed by atoms with Crippen molar-refractivity contribution in [2.75, 3.05) is 0 Å². The fourth-order valence-corrected chi connectivity index (χ4v) is 1.53. The van der Waals surface area contributed by atoms with Gasteiger partial charge in [-0.3, -0.25) is 0 Å². The van der Waals surface area contributed by atoms with Gasteiger partial charge in [-0.05, 0) is 64.8 Å². The van der Waals surface area contributed by atoms with Gasteiger partial charge in [-0.1, -0.05) is 23.7 Å². The van der Waals surface area contributed by atoms with E-state index in [-0.39, 0.29) is 0 Å². The highest BCUT2D eigenvalue weighted by atomic mass is 16.3. The fraction of sp³-hybridized carbons (Fsp3) is 0.444. The predicted octanol–water partition coefficient (Wildman–Crippen LogP) is 2.55. The molecule has 0 spiro atoms. The summed E-state index contributed by atoms with van der Waals surface area (Å²) in [5.41, 5.74) is 1.79. The number of hydrogen-bond donors (Lipinski definition) is 2. The largest absolute Gasteiger partial charge is 0.378 e. The Morgan fingerprint density at radius 3 is 1.30 bits per heavy atom. The lowest BCUT2D eigenvalue weighted by atomic mass is 9.99. The maximum Gasteiger partial charge on any atom is 0.120 e. The standard InChI is InChI=1S/C18H22O2/c1-13-11-16(8-10-18(5,6)20)14(2)12-15(13)7-9-17(3,4)19/h11-12,19-20H,1-6H3. The summed E-state index contributed by atoms with van der Waals surface area (Å²) in [6.45, 7) is 10.6. The number of hydrogen-bond acceptors (Lipinski definition) is 2. The van der Waals surface area contributed by atoms with Gasteiger partial charge in [-0.15, -0.1) is 0 Å². The number of benzene rings is 1. The third-order valence-corrected chi connectivity index (χ3v) is 2.58. The highest BCUT2D eigenvalue weighted by Crippen LogP contribution is 2.15. The molecule has 0 saturated heterocycles. The molecule has 0 aliphatic heterocycles. The van der Waals surface area contributed by atoms with Gasteiger partial charge >= 0.3 is 0 Å². The molecule has 0 aliphatic carbocycles. The molecule has 1 aromatic rings. The van der Waals surface area contributed by atoms with Gasteiger partial charge in [0, 0.05) is 11.1 Å². The van der Waals surface area contributed by atoms with E-state index in [0.29, 0.717) is 0 Å². The Kier molecular flexibility index (Phi) is 4.66. The molecule has 106 valence electrons. The van der Waals surface area contributed by atoms with Crippen LogP contribution in [0.5, 0.6) is 0 Å². The maximum atomic E-state index is 9.64. The minimum Gasteiger partial charge on any atom is -0.378 e. The first-order valence-electron chi connectivity index (χ1n) is 6.60. The molecule has 0 unspecified atom stereocenters. The van der Waals surface area contributed by atoms with Gasteiger partial charge in [-0.2, -0.15) is 0 Å². The van der Waals surface area contributed by atoms with Crippen molar-refractivity contribution in [3.05, 3.63) is 34.4 Å². The van der Waals surface area contributed by atoms with Gasteiger partial charge < -0.3 is 10.2 Å². The van der Waals surface area contributed by atoms with E-state index < -0.39 is 11.2 Å². The molecule has 0 aromatic heterocycles. The zero-order valence-electron chi connectivity index (χ0n) is 13.0. The lowest BCUT2D eigenvalue weighted by Gasteiger charge is -2.09. The van der Waals surface area contributed by atoms with Crippen molar-refractivity contribution >= 4 is 0 Å². The van der Waals surface area contributed by atoms with Crippen molar-refractivity contribution in [1.82, 2.24) is 0 Å². The zero-order valence-corrected chi connectivity index (χ0v) is 13.0. The van der Waals surface area contributed by atoms with E-state index in [0.717, 1.165) is 22.3 Å². The predicted molar refractivity (Wildman–Crippen MR) is 82.3 cm³/mol. The molecular weight excluding hydrogens is 248 g/mol. The average Bonchev–Trinajstić information content (AvgIpc) is 2.25. The van der Waals surface area contributed by atoms with Crippen LogP contribution in [0, 0.1) is 37.5 Å². The summed E-state index contributed by atoms with van der Waals surface area (Å²) in [6, 6.07) is 3.92. The SMILES string of the molecule is Cc1cc(C#CC(C)(C)O)c(C)cc1C#CC(C)(C)O. The summed E-state index contributed by atoms with van der Waals surface area (Å²) in [5, 5.41) is 19.3. The molecule has 0 amide bonds. The van der Waals surface area contributed by atoms with Crippen LogP contribution in [-0.4, -0.2) is 21.4 Å². The average molecular weight is 270 g/mol. The Balaban J connectivity index is 3.21. The Hall–Kier alpha value is -1.74. The van der Waals surface area contributed by atoms with Crippen molar-refractivity contribution in [3.63, 3.8) is 0 Å². The summed E-state index contributed by atoms with van der Waals surface area (Å²) >= 11 is 0. The van der Waals surface area contributed by atoms with E-state index in [2.05, 4.69) is 23.7 Å². The first-order chi connectivity index (χ1) is 8.98. The molecule has 0 saturated carbocycles. The molecule has 1 aromatic carbocycles. The molecule has 2 N–H and O–H groups in total. The number of aliphatic hydroxyl groups is 2. The monoisotopic (exact) mass is 270 g/mol. The van der Waals surface area contributed by atoms with E-state index in [1.54, 1.807) is 27.7 Å². The Morgan fingerprint density at radius 1 is 0.750 bits per heavy atom. The fourth-order valence-electron chi connectivity index (χ4n) is 1.53. The normalized spacial score (nSPS) is 11.2. The Bertz CT molecular complexity index is 560. The molecule has 2 nitrogen and oxygen atoms in total. The third kappa shape index (κ3) is 5.49. The van der Waals surface area contributed by atoms with Crippen molar-refractivity contribution in [3.8, 4) is 23.7 Å². The van der Waals surface area contributed by atoms with Crippen LogP contribution in [0.1, 0.15) is 49.9 Å². The molecule has 0 aliphatic rings. The van der Waals surface area contributed by atoms with Crippen molar-refractivity contribution in [2.45, 2.75) is 52.7 Å². The first kappa shape index (κ1) is 16.3. The molecule has 2 heteroatoms. The number of rotatable bonds is 0. The minimum absolute atomic E-state index is 0.887. The molecule has 0 heterocycles. The molecule has 20 heavy (non-hydrogen) atoms. The third-order valence-electron chi connectivity index (χ3n) is 2.58. The van der Waals surface area contributed by atoms with Crippen LogP contribution in [0.15, 0.2) is 12.1 Å². The first-order valence-corrected chi connectivity index (χ1v) is 6.60. The summed E-state index contributed by atoms with van der Waals surface area (Å²) < 4.78 is 0. The van der Waals surface area contributed by atoms with Gasteiger partial charge in [0.2, 0.25) is 0 Å². The van der Waals surface area contributed by atoms with Crippen molar-refractivity contribution < 1.29 is 10.2 Å². The topological polar surface area (TPSA) is 40.5 Å². The summed E-state index contributed by atoms with van der Waals surface area (Å²) in [6.07, 6.45) is 0. The van der Waals surface area contributed by atoms with Crippen LogP contribution in [0.4, 0.5) is 0 Å². The molecular formula is C18H22O2. The van der Waals surface area contributed by atoms with E-state index in [1.165, 1.54) is 0 Å². The van der Waals surface area contributed by atoms with Crippen LogP contribution in [0.25, 0.3) is 0 Å². The zero-order chi connectivity index (χ0) is 15.6. The minimum atomic E-state index is -1.00. The van der Waals surface area contributed by atoms with E-state index in [9.17, 15) is 10.2 Å². The second kappa shape index (κ2) is 5.71. The van der Waals surface area contributed by atoms with E-state index in [4.69, 9.17) is 0 Å². The summed E-state index contributed by atoms with van der Waals surface area (Å²) in [4.78, 5) is 0. The Labute approximate surface area is 121 Å². The second-order valence-corrected chi connectivity index (χ2v) is 6.10. The highest BCUT2D eigenvalue weighted by Gasteiger charge is 2.08. The number of aryl methyl sites for hydroxylation is 2. The molecule has 0 bridgehead atoms. The van der Waals surface area contributed by atoms with E-state index in [1.807, 2.05) is 26.0 Å². The van der Waals surface area contributed by atoms with Crippen LogP contribution in [0.2, 0.25) is 0 Å². The van der Waals surface area contributed by atoms with Crippen LogP contribution < -0.4 is 0 Å². The van der Waals surface area contributed by atoms with Crippen molar-refractivity contribution in [1.29, 1.82) is 0 Å². The van der Waals surface area contributed by atoms with Gasteiger partial charge in [0.05, 0.1) is 0 Å². The van der Waals surface area contributed by atoms with Gasteiger partial charge in [0.1, 0.15) is 11.2 Å².